The summed E-state index contributed by atoms with van der Waals surface area (Å²) < 4.78 is 14.8. The Morgan fingerprint density at radius 2 is 1.87 bits per heavy atom. The van der Waals surface area contributed by atoms with Gasteiger partial charge in [0.05, 0.1) is 0 Å². The van der Waals surface area contributed by atoms with Gasteiger partial charge in [-0.2, -0.15) is 0 Å². The molecule has 0 aliphatic heterocycles. The zero-order valence-corrected chi connectivity index (χ0v) is 8.65. The molecular weight excluding hydrogens is 198 g/mol. The highest BCUT2D eigenvalue weighted by atomic mass is 16.7. The Hall–Kier alpha value is -1.75. The van der Waals surface area contributed by atoms with E-state index in [1.165, 1.54) is 7.05 Å². The molecule has 1 aromatic rings. The first-order valence-corrected chi connectivity index (χ1v) is 4.37. The molecule has 0 fully saturated rings. The van der Waals surface area contributed by atoms with Crippen LogP contribution in [0.5, 0.6) is 11.5 Å². The van der Waals surface area contributed by atoms with Crippen LogP contribution in [0.15, 0.2) is 24.3 Å². The van der Waals surface area contributed by atoms with E-state index in [0.717, 1.165) is 0 Å². The molecule has 0 aliphatic rings. The van der Waals surface area contributed by atoms with Gasteiger partial charge in [0, 0.05) is 14.2 Å². The third-order valence-electron chi connectivity index (χ3n) is 1.58. The van der Waals surface area contributed by atoms with Gasteiger partial charge in [0.1, 0.15) is 11.5 Å². The molecule has 0 saturated carbocycles. The number of carbonyl (C=O) groups is 1. The Labute approximate surface area is 87.9 Å². The second kappa shape index (κ2) is 5.87. The molecule has 0 spiro atoms. The summed E-state index contributed by atoms with van der Waals surface area (Å²) >= 11 is 0. The Morgan fingerprint density at radius 1 is 1.27 bits per heavy atom. The summed E-state index contributed by atoms with van der Waals surface area (Å²) in [5, 5.41) is 2.35. The van der Waals surface area contributed by atoms with Crippen molar-refractivity contribution in [2.75, 3.05) is 21.0 Å². The monoisotopic (exact) mass is 211 g/mol. The zero-order chi connectivity index (χ0) is 11.1. The Bertz CT molecular complexity index is 310. The van der Waals surface area contributed by atoms with E-state index < -0.39 is 6.09 Å². The fourth-order valence-electron chi connectivity index (χ4n) is 0.889. The van der Waals surface area contributed by atoms with Crippen molar-refractivity contribution < 1.29 is 19.0 Å². The number of nitrogens with one attached hydrogen (secondary N) is 1. The van der Waals surface area contributed by atoms with Crippen molar-refractivity contribution in [3.05, 3.63) is 24.3 Å². The van der Waals surface area contributed by atoms with Gasteiger partial charge in [0.25, 0.3) is 0 Å². The first kappa shape index (κ1) is 11.3. The fourth-order valence-corrected chi connectivity index (χ4v) is 0.889. The van der Waals surface area contributed by atoms with Crippen molar-refractivity contribution in [2.24, 2.45) is 0 Å². The first-order valence-electron chi connectivity index (χ1n) is 4.37. The van der Waals surface area contributed by atoms with Crippen LogP contribution < -0.4 is 14.8 Å². The maximum atomic E-state index is 10.9. The van der Waals surface area contributed by atoms with Gasteiger partial charge in [-0.25, -0.2) is 4.79 Å². The lowest BCUT2D eigenvalue weighted by molar-refractivity contribution is 0.0511. The van der Waals surface area contributed by atoms with Crippen LogP contribution in [0.3, 0.4) is 0 Å². The molecule has 15 heavy (non-hydrogen) atoms. The summed E-state index contributed by atoms with van der Waals surface area (Å²) in [6.07, 6.45) is -0.499. The number of hydrogen-bond donors (Lipinski definition) is 1. The third-order valence-corrected chi connectivity index (χ3v) is 1.58. The van der Waals surface area contributed by atoms with Gasteiger partial charge in [0.15, 0.2) is 6.79 Å². The van der Waals surface area contributed by atoms with Crippen LogP contribution in [0.1, 0.15) is 0 Å². The van der Waals surface area contributed by atoms with Crippen molar-refractivity contribution in [3.63, 3.8) is 0 Å². The maximum Gasteiger partial charge on any atom is 0.412 e. The molecule has 0 bridgehead atoms. The highest BCUT2D eigenvalue weighted by Gasteiger charge is 2.00. The number of benzene rings is 1. The van der Waals surface area contributed by atoms with Crippen LogP contribution in [0, 0.1) is 0 Å². The van der Waals surface area contributed by atoms with Gasteiger partial charge in [0.2, 0.25) is 0 Å². The maximum absolute atomic E-state index is 10.9. The van der Waals surface area contributed by atoms with Crippen LogP contribution in [0.25, 0.3) is 0 Å². The van der Waals surface area contributed by atoms with E-state index in [1.54, 1.807) is 31.4 Å². The van der Waals surface area contributed by atoms with Crippen LogP contribution in [0.4, 0.5) is 4.79 Å². The normalized spacial score (nSPS) is 9.47. The molecule has 0 aromatic heterocycles. The summed E-state index contributed by atoms with van der Waals surface area (Å²) in [7, 11) is 3.04. The molecule has 5 heteroatoms. The second-order valence-corrected chi connectivity index (χ2v) is 2.66. The number of methoxy groups -OCH3 is 1. The van der Waals surface area contributed by atoms with E-state index >= 15 is 0 Å². The minimum Gasteiger partial charge on any atom is -0.468 e. The van der Waals surface area contributed by atoms with Crippen LogP contribution in [-0.2, 0) is 4.74 Å². The van der Waals surface area contributed by atoms with Gasteiger partial charge in [-0.15, -0.1) is 0 Å². The molecule has 1 N–H and O–H groups in total. The van der Waals surface area contributed by atoms with E-state index in [2.05, 4.69) is 5.32 Å². The summed E-state index contributed by atoms with van der Waals surface area (Å²) in [6.45, 7) is 0.190. The van der Waals surface area contributed by atoms with E-state index in [-0.39, 0.29) is 6.79 Å². The van der Waals surface area contributed by atoms with Crippen molar-refractivity contribution in [1.82, 2.24) is 5.32 Å². The fraction of sp³-hybridized carbons (Fsp3) is 0.300. The Balaban J connectivity index is 2.52. The largest absolute Gasteiger partial charge is 0.468 e. The van der Waals surface area contributed by atoms with Crippen LogP contribution in [0.2, 0.25) is 0 Å². The number of rotatable bonds is 4. The smallest absolute Gasteiger partial charge is 0.412 e. The molecule has 0 saturated heterocycles. The molecule has 1 amide bonds. The van der Waals surface area contributed by atoms with E-state index in [1.807, 2.05) is 0 Å². The summed E-state index contributed by atoms with van der Waals surface area (Å²) in [6, 6.07) is 6.66. The molecule has 0 heterocycles. The number of hydrogen-bond acceptors (Lipinski definition) is 4. The lowest BCUT2D eigenvalue weighted by atomic mass is 10.3. The van der Waals surface area contributed by atoms with E-state index in [9.17, 15) is 4.79 Å². The Morgan fingerprint density at radius 3 is 2.40 bits per heavy atom. The van der Waals surface area contributed by atoms with Crippen LogP contribution in [-0.4, -0.2) is 27.0 Å². The molecule has 0 unspecified atom stereocenters. The van der Waals surface area contributed by atoms with E-state index in [0.29, 0.717) is 11.5 Å². The molecule has 0 radical (unpaired) electrons. The number of ether oxygens (including phenoxy) is 3. The summed E-state index contributed by atoms with van der Waals surface area (Å²) in [5.74, 6) is 1.11. The predicted molar refractivity (Wildman–Crippen MR) is 54.0 cm³/mol. The van der Waals surface area contributed by atoms with Crippen molar-refractivity contribution >= 4 is 6.09 Å². The lowest BCUT2D eigenvalue weighted by Gasteiger charge is -2.06. The average molecular weight is 211 g/mol. The molecule has 1 rings (SSSR count). The predicted octanol–water partition coefficient (Wildman–Crippen LogP) is 1.39. The summed E-state index contributed by atoms with van der Waals surface area (Å²) in [5.41, 5.74) is 0. The minimum absolute atomic E-state index is 0.190. The van der Waals surface area contributed by atoms with Gasteiger partial charge < -0.3 is 19.5 Å². The van der Waals surface area contributed by atoms with Gasteiger partial charge in [-0.05, 0) is 24.3 Å². The van der Waals surface area contributed by atoms with Gasteiger partial charge in [-0.3, -0.25) is 0 Å². The number of carbonyl (C=O) groups excluding carboxylic acids is 1. The minimum atomic E-state index is -0.499. The highest BCUT2D eigenvalue weighted by molar-refractivity contribution is 5.69. The number of amides is 1. The molecule has 0 aliphatic carbocycles. The van der Waals surface area contributed by atoms with Gasteiger partial charge in [-0.1, -0.05) is 0 Å². The lowest BCUT2D eigenvalue weighted by Crippen LogP contribution is -2.21. The topological polar surface area (TPSA) is 56.8 Å². The average Bonchev–Trinajstić information content (AvgIpc) is 2.28. The molecule has 5 nitrogen and oxygen atoms in total. The van der Waals surface area contributed by atoms with Crippen LogP contribution >= 0.6 is 0 Å². The third kappa shape index (κ3) is 3.86. The van der Waals surface area contributed by atoms with Crippen molar-refractivity contribution in [3.8, 4) is 11.5 Å². The molecular formula is C10H13NO4. The van der Waals surface area contributed by atoms with Gasteiger partial charge >= 0.3 is 6.09 Å². The highest BCUT2D eigenvalue weighted by Crippen LogP contribution is 2.17. The van der Waals surface area contributed by atoms with E-state index in [4.69, 9.17) is 14.2 Å². The standard InChI is InChI=1S/C10H13NO4/c1-11-10(12)15-9-5-3-8(4-6-9)14-7-13-2/h3-6H,7H2,1-2H3,(H,11,12). The quantitative estimate of drug-likeness (QED) is 0.764. The molecule has 1 aromatic carbocycles. The SMILES string of the molecule is CNC(=O)Oc1ccc(OCOC)cc1. The first-order chi connectivity index (χ1) is 7.26. The zero-order valence-electron chi connectivity index (χ0n) is 8.65. The van der Waals surface area contributed by atoms with Crippen molar-refractivity contribution in [2.45, 2.75) is 0 Å². The second-order valence-electron chi connectivity index (χ2n) is 2.66. The Kier molecular flexibility index (Phi) is 4.43. The molecule has 82 valence electrons. The van der Waals surface area contributed by atoms with Crippen molar-refractivity contribution in [1.29, 1.82) is 0 Å². The summed E-state index contributed by atoms with van der Waals surface area (Å²) in [4.78, 5) is 10.9. The molecule has 0 atom stereocenters.